The van der Waals surface area contributed by atoms with E-state index in [1.54, 1.807) is 4.90 Å². The highest BCUT2D eigenvalue weighted by Gasteiger charge is 2.35. The SMILES string of the molecule is C=C(NCC(=O)N1CCC[C@H]1C(=O)N[C@@H]1CCCc2ccccc21)[C@H](C)NC. The lowest BCUT2D eigenvalue weighted by molar-refractivity contribution is -0.138. The fourth-order valence-corrected chi connectivity index (χ4v) is 4.13. The quantitative estimate of drug-likeness (QED) is 0.671. The van der Waals surface area contributed by atoms with Crippen LogP contribution in [0.5, 0.6) is 0 Å². The van der Waals surface area contributed by atoms with Crippen LogP contribution in [0.2, 0.25) is 0 Å². The average molecular weight is 385 g/mol. The molecule has 28 heavy (non-hydrogen) atoms. The second-order valence-corrected chi connectivity index (χ2v) is 7.79. The van der Waals surface area contributed by atoms with Gasteiger partial charge < -0.3 is 20.9 Å². The minimum Gasteiger partial charge on any atom is -0.379 e. The van der Waals surface area contributed by atoms with E-state index in [1.165, 1.54) is 11.1 Å². The minimum absolute atomic E-state index is 0.0324. The second kappa shape index (κ2) is 9.24. The highest BCUT2D eigenvalue weighted by molar-refractivity contribution is 5.89. The number of carbonyl (C=O) groups is 2. The number of likely N-dealkylation sites (tertiary alicyclic amines) is 1. The van der Waals surface area contributed by atoms with Crippen molar-refractivity contribution in [1.82, 2.24) is 20.9 Å². The normalized spacial score (nSPS) is 22.3. The smallest absolute Gasteiger partial charge is 0.243 e. The lowest BCUT2D eigenvalue weighted by Gasteiger charge is -2.30. The van der Waals surface area contributed by atoms with Crippen molar-refractivity contribution in [2.75, 3.05) is 20.1 Å². The van der Waals surface area contributed by atoms with Gasteiger partial charge in [-0.3, -0.25) is 9.59 Å². The highest BCUT2D eigenvalue weighted by atomic mass is 16.2. The average Bonchev–Trinajstić information content (AvgIpc) is 3.21. The molecule has 6 nitrogen and oxygen atoms in total. The number of likely N-dealkylation sites (N-methyl/N-ethyl adjacent to an activating group) is 1. The van der Waals surface area contributed by atoms with Gasteiger partial charge in [-0.2, -0.15) is 0 Å². The number of nitrogens with zero attached hydrogens (tertiary/aromatic N) is 1. The molecular formula is C22H32N4O2. The Morgan fingerprint density at radius 3 is 2.82 bits per heavy atom. The molecule has 152 valence electrons. The molecule has 1 aliphatic carbocycles. The summed E-state index contributed by atoms with van der Waals surface area (Å²) >= 11 is 0. The molecular weight excluding hydrogens is 352 g/mol. The number of carbonyl (C=O) groups excluding carboxylic acids is 2. The van der Waals surface area contributed by atoms with Crippen molar-refractivity contribution in [3.8, 4) is 0 Å². The molecule has 0 aromatic heterocycles. The van der Waals surface area contributed by atoms with Crippen molar-refractivity contribution >= 4 is 11.8 Å². The summed E-state index contributed by atoms with van der Waals surface area (Å²) in [6.45, 7) is 6.73. The zero-order chi connectivity index (χ0) is 20.1. The third-order valence-corrected chi connectivity index (χ3v) is 5.98. The molecule has 0 radical (unpaired) electrons. The number of rotatable bonds is 7. The van der Waals surface area contributed by atoms with Crippen LogP contribution in [0, 0.1) is 0 Å². The first-order valence-corrected chi connectivity index (χ1v) is 10.3. The summed E-state index contributed by atoms with van der Waals surface area (Å²) in [4.78, 5) is 27.4. The maximum absolute atomic E-state index is 13.0. The van der Waals surface area contributed by atoms with Crippen molar-refractivity contribution < 1.29 is 9.59 Å². The fourth-order valence-electron chi connectivity index (χ4n) is 4.13. The summed E-state index contributed by atoms with van der Waals surface area (Å²) in [6, 6.07) is 8.08. The van der Waals surface area contributed by atoms with Crippen molar-refractivity contribution in [3.63, 3.8) is 0 Å². The summed E-state index contributed by atoms with van der Waals surface area (Å²) < 4.78 is 0. The number of hydrogen-bond acceptors (Lipinski definition) is 4. The van der Waals surface area contributed by atoms with E-state index < -0.39 is 0 Å². The summed E-state index contributed by atoms with van der Waals surface area (Å²) in [5, 5.41) is 9.38. The van der Waals surface area contributed by atoms with Gasteiger partial charge in [-0.05, 0) is 57.2 Å². The van der Waals surface area contributed by atoms with Gasteiger partial charge >= 0.3 is 0 Å². The summed E-state index contributed by atoms with van der Waals surface area (Å²) in [5.41, 5.74) is 3.31. The predicted octanol–water partition coefficient (Wildman–Crippen LogP) is 1.88. The molecule has 1 aromatic carbocycles. The van der Waals surface area contributed by atoms with Gasteiger partial charge in [0, 0.05) is 18.3 Å². The highest BCUT2D eigenvalue weighted by Crippen LogP contribution is 2.30. The number of nitrogens with one attached hydrogen (secondary N) is 3. The van der Waals surface area contributed by atoms with Gasteiger partial charge in [0.05, 0.1) is 12.6 Å². The van der Waals surface area contributed by atoms with E-state index in [-0.39, 0.29) is 36.5 Å². The Bertz CT molecular complexity index is 733. The van der Waals surface area contributed by atoms with Gasteiger partial charge in [-0.25, -0.2) is 0 Å². The van der Waals surface area contributed by atoms with Crippen LogP contribution in [0.3, 0.4) is 0 Å². The Morgan fingerprint density at radius 2 is 2.04 bits per heavy atom. The van der Waals surface area contributed by atoms with E-state index in [4.69, 9.17) is 0 Å². The van der Waals surface area contributed by atoms with Crippen LogP contribution in [-0.4, -0.2) is 48.9 Å². The molecule has 1 aromatic rings. The zero-order valence-electron chi connectivity index (χ0n) is 17.0. The molecule has 3 N–H and O–H groups in total. The monoisotopic (exact) mass is 384 g/mol. The Hall–Kier alpha value is -2.34. The maximum Gasteiger partial charge on any atom is 0.243 e. The number of fused-ring (bicyclic) bond motifs is 1. The van der Waals surface area contributed by atoms with Crippen molar-refractivity contribution in [1.29, 1.82) is 0 Å². The molecule has 3 atom stereocenters. The Morgan fingerprint density at radius 1 is 1.25 bits per heavy atom. The topological polar surface area (TPSA) is 73.5 Å². The van der Waals surface area contributed by atoms with Crippen LogP contribution >= 0.6 is 0 Å². The van der Waals surface area contributed by atoms with Crippen LogP contribution < -0.4 is 16.0 Å². The molecule has 0 saturated carbocycles. The summed E-state index contributed by atoms with van der Waals surface area (Å²) in [7, 11) is 1.85. The molecule has 1 fully saturated rings. The standard InChI is InChI=1S/C22H32N4O2/c1-15(23-3)16(2)24-14-21(27)26-13-7-12-20(26)22(28)25-19-11-6-9-17-8-4-5-10-18(17)19/h4-5,8,10,15,19-20,23-24H,2,6-7,9,11-14H2,1,3H3,(H,25,28)/t15-,19+,20-/m0/s1. The molecule has 0 bridgehead atoms. The van der Waals surface area contributed by atoms with Gasteiger partial charge in [-0.1, -0.05) is 30.8 Å². The number of benzene rings is 1. The van der Waals surface area contributed by atoms with Crippen molar-refractivity contribution in [3.05, 3.63) is 47.7 Å². The van der Waals surface area contributed by atoms with Crippen LogP contribution in [0.15, 0.2) is 36.5 Å². The molecule has 1 aliphatic heterocycles. The minimum atomic E-state index is -0.377. The van der Waals surface area contributed by atoms with E-state index >= 15 is 0 Å². The molecule has 0 unspecified atom stereocenters. The third kappa shape index (κ3) is 4.55. The van der Waals surface area contributed by atoms with E-state index in [2.05, 4.69) is 40.7 Å². The number of amides is 2. The predicted molar refractivity (Wildman–Crippen MR) is 111 cm³/mol. The molecule has 2 aliphatic rings. The Kier molecular flexibility index (Phi) is 6.73. The lowest BCUT2D eigenvalue weighted by atomic mass is 9.87. The first-order chi connectivity index (χ1) is 13.5. The lowest BCUT2D eigenvalue weighted by Crippen LogP contribution is -2.49. The molecule has 2 amide bonds. The number of hydrogen-bond donors (Lipinski definition) is 3. The van der Waals surface area contributed by atoms with Crippen LogP contribution in [0.25, 0.3) is 0 Å². The summed E-state index contributed by atoms with van der Waals surface area (Å²) in [5.74, 6) is -0.0823. The van der Waals surface area contributed by atoms with Crippen LogP contribution in [0.4, 0.5) is 0 Å². The number of aryl methyl sites for hydroxylation is 1. The Balaban J connectivity index is 1.59. The van der Waals surface area contributed by atoms with Crippen LogP contribution in [0.1, 0.15) is 49.8 Å². The second-order valence-electron chi connectivity index (χ2n) is 7.79. The van der Waals surface area contributed by atoms with E-state index in [0.717, 1.165) is 37.8 Å². The van der Waals surface area contributed by atoms with Crippen LogP contribution in [-0.2, 0) is 16.0 Å². The first kappa shape index (κ1) is 20.4. The first-order valence-electron chi connectivity index (χ1n) is 10.3. The largest absolute Gasteiger partial charge is 0.379 e. The van der Waals surface area contributed by atoms with Gasteiger partial charge in [0.1, 0.15) is 6.04 Å². The van der Waals surface area contributed by atoms with Gasteiger partial charge in [0.25, 0.3) is 0 Å². The molecule has 0 spiro atoms. The Labute approximate surface area is 167 Å². The van der Waals surface area contributed by atoms with Gasteiger partial charge in [0.15, 0.2) is 0 Å². The van der Waals surface area contributed by atoms with Crippen molar-refractivity contribution in [2.24, 2.45) is 0 Å². The molecule has 3 rings (SSSR count). The van der Waals surface area contributed by atoms with Gasteiger partial charge in [-0.15, -0.1) is 0 Å². The van der Waals surface area contributed by atoms with E-state index in [1.807, 2.05) is 20.0 Å². The van der Waals surface area contributed by atoms with Crippen molar-refractivity contribution in [2.45, 2.75) is 57.2 Å². The summed E-state index contributed by atoms with van der Waals surface area (Å²) in [6.07, 6.45) is 4.67. The zero-order valence-corrected chi connectivity index (χ0v) is 17.0. The van der Waals surface area contributed by atoms with E-state index in [9.17, 15) is 9.59 Å². The fraction of sp³-hybridized carbons (Fsp3) is 0.545. The molecule has 6 heteroatoms. The maximum atomic E-state index is 13.0. The van der Waals surface area contributed by atoms with Gasteiger partial charge in [0.2, 0.25) is 11.8 Å². The van der Waals surface area contributed by atoms with E-state index in [0.29, 0.717) is 6.54 Å². The molecule has 1 saturated heterocycles. The third-order valence-electron chi connectivity index (χ3n) is 5.98. The molecule has 1 heterocycles.